The van der Waals surface area contributed by atoms with E-state index in [1.54, 1.807) is 0 Å². The van der Waals surface area contributed by atoms with E-state index in [9.17, 15) is 4.79 Å². The molecule has 0 saturated carbocycles. The smallest absolute Gasteiger partial charge is 0.167 e. The van der Waals surface area contributed by atoms with E-state index in [0.717, 1.165) is 18.5 Å². The highest BCUT2D eigenvalue weighted by molar-refractivity contribution is 5.98. The molecule has 1 N–H and O–H groups in total. The fraction of sp³-hybridized carbons (Fsp3) is 0.533. The van der Waals surface area contributed by atoms with Gasteiger partial charge >= 0.3 is 0 Å². The van der Waals surface area contributed by atoms with Crippen molar-refractivity contribution in [2.45, 2.75) is 33.1 Å². The summed E-state index contributed by atoms with van der Waals surface area (Å²) in [5, 5.41) is 3.08. The lowest BCUT2D eigenvalue weighted by Crippen LogP contribution is -2.25. The van der Waals surface area contributed by atoms with Gasteiger partial charge in [-0.2, -0.15) is 0 Å². The largest absolute Gasteiger partial charge is 0.319 e. The molecular weight excluding hydrogens is 210 g/mol. The van der Waals surface area contributed by atoms with Crippen LogP contribution in [-0.4, -0.2) is 19.4 Å². The summed E-state index contributed by atoms with van der Waals surface area (Å²) in [6.45, 7) is 7.13. The van der Waals surface area contributed by atoms with Crippen LogP contribution in [0.25, 0.3) is 0 Å². The van der Waals surface area contributed by atoms with E-state index < -0.39 is 0 Å². The average Bonchev–Trinajstić information content (AvgIpc) is 2.35. The van der Waals surface area contributed by atoms with Crippen LogP contribution >= 0.6 is 0 Å². The molecule has 0 radical (unpaired) electrons. The SMILES string of the molecule is CCC(CNC)C(=O)c1ccc(C(C)C)cc1. The van der Waals surface area contributed by atoms with E-state index in [4.69, 9.17) is 0 Å². The molecule has 0 spiro atoms. The highest BCUT2D eigenvalue weighted by Gasteiger charge is 2.17. The van der Waals surface area contributed by atoms with Gasteiger partial charge in [-0.25, -0.2) is 0 Å². The monoisotopic (exact) mass is 233 g/mol. The van der Waals surface area contributed by atoms with Crippen molar-refractivity contribution in [1.29, 1.82) is 0 Å². The second kappa shape index (κ2) is 6.55. The number of hydrogen-bond acceptors (Lipinski definition) is 2. The van der Waals surface area contributed by atoms with Crippen molar-refractivity contribution in [1.82, 2.24) is 5.32 Å². The van der Waals surface area contributed by atoms with Gasteiger partial charge in [0.05, 0.1) is 0 Å². The molecule has 94 valence electrons. The first-order valence-corrected chi connectivity index (χ1v) is 6.38. The Kier molecular flexibility index (Phi) is 5.36. The predicted molar refractivity (Wildman–Crippen MR) is 72.6 cm³/mol. The van der Waals surface area contributed by atoms with Crippen molar-refractivity contribution in [2.24, 2.45) is 5.92 Å². The molecule has 17 heavy (non-hydrogen) atoms. The molecule has 0 aliphatic carbocycles. The van der Waals surface area contributed by atoms with Crippen molar-refractivity contribution in [3.8, 4) is 0 Å². The molecule has 0 heterocycles. The number of carbonyl (C=O) groups is 1. The number of hydrogen-bond donors (Lipinski definition) is 1. The van der Waals surface area contributed by atoms with Gasteiger partial charge in [0, 0.05) is 18.0 Å². The number of ketones is 1. The van der Waals surface area contributed by atoms with Crippen LogP contribution in [0.1, 0.15) is 49.0 Å². The fourth-order valence-corrected chi connectivity index (χ4v) is 1.94. The quantitative estimate of drug-likeness (QED) is 0.764. The maximum Gasteiger partial charge on any atom is 0.167 e. The normalized spacial score (nSPS) is 12.8. The second-order valence-corrected chi connectivity index (χ2v) is 4.80. The lowest BCUT2D eigenvalue weighted by molar-refractivity contribution is 0.0916. The van der Waals surface area contributed by atoms with Crippen molar-refractivity contribution < 1.29 is 4.79 Å². The predicted octanol–water partition coefficient (Wildman–Crippen LogP) is 3.24. The van der Waals surface area contributed by atoms with Crippen molar-refractivity contribution >= 4 is 5.78 Å². The summed E-state index contributed by atoms with van der Waals surface area (Å²) < 4.78 is 0. The van der Waals surface area contributed by atoms with Gasteiger partial charge in [-0.05, 0) is 24.9 Å². The van der Waals surface area contributed by atoms with Crippen LogP contribution in [0.5, 0.6) is 0 Å². The minimum atomic E-state index is 0.0879. The van der Waals surface area contributed by atoms with E-state index in [0.29, 0.717) is 5.92 Å². The van der Waals surface area contributed by atoms with Gasteiger partial charge in [-0.3, -0.25) is 4.79 Å². The molecule has 0 bridgehead atoms. The molecule has 0 amide bonds. The highest BCUT2D eigenvalue weighted by atomic mass is 16.1. The fourth-order valence-electron chi connectivity index (χ4n) is 1.94. The first-order chi connectivity index (χ1) is 8.10. The van der Waals surface area contributed by atoms with Crippen LogP contribution in [0.3, 0.4) is 0 Å². The van der Waals surface area contributed by atoms with E-state index in [-0.39, 0.29) is 11.7 Å². The third kappa shape index (κ3) is 3.67. The lowest BCUT2D eigenvalue weighted by atomic mass is 9.93. The van der Waals surface area contributed by atoms with Crippen LogP contribution in [0, 0.1) is 5.92 Å². The molecule has 1 unspecified atom stereocenters. The highest BCUT2D eigenvalue weighted by Crippen LogP contribution is 2.17. The minimum Gasteiger partial charge on any atom is -0.319 e. The summed E-state index contributed by atoms with van der Waals surface area (Å²) in [6.07, 6.45) is 0.881. The molecular formula is C15H23NO. The Balaban J connectivity index is 2.81. The van der Waals surface area contributed by atoms with Gasteiger partial charge in [0.2, 0.25) is 0 Å². The Morgan fingerprint density at radius 1 is 1.24 bits per heavy atom. The molecule has 0 aromatic heterocycles. The number of rotatable bonds is 6. The van der Waals surface area contributed by atoms with Crippen LogP contribution in [0.4, 0.5) is 0 Å². The molecule has 1 rings (SSSR count). The third-order valence-electron chi connectivity index (χ3n) is 3.18. The van der Waals surface area contributed by atoms with Crippen molar-refractivity contribution in [3.63, 3.8) is 0 Å². The zero-order valence-electron chi connectivity index (χ0n) is 11.3. The van der Waals surface area contributed by atoms with Gasteiger partial charge in [-0.1, -0.05) is 45.0 Å². The number of nitrogens with one attached hydrogen (secondary N) is 1. The molecule has 2 heteroatoms. The number of carbonyl (C=O) groups excluding carboxylic acids is 1. The van der Waals surface area contributed by atoms with Crippen LogP contribution in [0.15, 0.2) is 24.3 Å². The number of Topliss-reactive ketones (excluding diaryl/α,β-unsaturated/α-hetero) is 1. The van der Waals surface area contributed by atoms with E-state index in [1.807, 2.05) is 19.2 Å². The first kappa shape index (κ1) is 13.9. The van der Waals surface area contributed by atoms with E-state index in [2.05, 4.69) is 38.2 Å². The Labute approximate surface area is 104 Å². The van der Waals surface area contributed by atoms with Crippen LogP contribution in [0.2, 0.25) is 0 Å². The standard InChI is InChI=1S/C15H23NO/c1-5-12(10-16-4)15(17)14-8-6-13(7-9-14)11(2)3/h6-9,11-12,16H,5,10H2,1-4H3. The molecule has 1 aromatic carbocycles. The molecule has 0 aliphatic rings. The molecule has 2 nitrogen and oxygen atoms in total. The maximum absolute atomic E-state index is 12.2. The summed E-state index contributed by atoms with van der Waals surface area (Å²) in [4.78, 5) is 12.2. The molecule has 0 fully saturated rings. The summed E-state index contributed by atoms with van der Waals surface area (Å²) in [7, 11) is 1.89. The summed E-state index contributed by atoms with van der Waals surface area (Å²) in [5.41, 5.74) is 2.11. The van der Waals surface area contributed by atoms with Gasteiger partial charge < -0.3 is 5.32 Å². The van der Waals surface area contributed by atoms with Crippen molar-refractivity contribution in [2.75, 3.05) is 13.6 Å². The van der Waals surface area contributed by atoms with Crippen LogP contribution < -0.4 is 5.32 Å². The van der Waals surface area contributed by atoms with Crippen LogP contribution in [-0.2, 0) is 0 Å². The Bertz CT molecular complexity index is 354. The minimum absolute atomic E-state index is 0.0879. The molecule has 1 aromatic rings. The summed E-state index contributed by atoms with van der Waals surface area (Å²) in [6, 6.07) is 8.03. The topological polar surface area (TPSA) is 29.1 Å². The van der Waals surface area contributed by atoms with Gasteiger partial charge in [0.25, 0.3) is 0 Å². The molecule has 0 saturated heterocycles. The summed E-state index contributed by atoms with van der Waals surface area (Å²) in [5.74, 6) is 0.848. The maximum atomic E-state index is 12.2. The zero-order chi connectivity index (χ0) is 12.8. The lowest BCUT2D eigenvalue weighted by Gasteiger charge is -2.13. The first-order valence-electron chi connectivity index (χ1n) is 6.38. The average molecular weight is 233 g/mol. The van der Waals surface area contributed by atoms with E-state index >= 15 is 0 Å². The van der Waals surface area contributed by atoms with Crippen molar-refractivity contribution in [3.05, 3.63) is 35.4 Å². The summed E-state index contributed by atoms with van der Waals surface area (Å²) >= 11 is 0. The molecule has 1 atom stereocenters. The molecule has 0 aliphatic heterocycles. The third-order valence-corrected chi connectivity index (χ3v) is 3.18. The zero-order valence-corrected chi connectivity index (χ0v) is 11.3. The van der Waals surface area contributed by atoms with Gasteiger partial charge in [0.1, 0.15) is 0 Å². The van der Waals surface area contributed by atoms with Gasteiger partial charge in [0.15, 0.2) is 5.78 Å². The number of benzene rings is 1. The Morgan fingerprint density at radius 2 is 1.82 bits per heavy atom. The second-order valence-electron chi connectivity index (χ2n) is 4.80. The van der Waals surface area contributed by atoms with E-state index in [1.165, 1.54) is 5.56 Å². The Morgan fingerprint density at radius 3 is 2.24 bits per heavy atom. The Hall–Kier alpha value is -1.15. The van der Waals surface area contributed by atoms with Gasteiger partial charge in [-0.15, -0.1) is 0 Å².